The first-order valence-corrected chi connectivity index (χ1v) is 7.46. The highest BCUT2D eigenvalue weighted by molar-refractivity contribution is 7.91. The first-order valence-electron chi connectivity index (χ1n) is 5.50. The minimum Gasteiger partial charge on any atom is -0.312 e. The lowest BCUT2D eigenvalue weighted by Crippen LogP contribution is -2.43. The Morgan fingerprint density at radius 2 is 1.94 bits per heavy atom. The van der Waals surface area contributed by atoms with E-state index in [2.05, 4.69) is 5.32 Å². The van der Waals surface area contributed by atoms with Crippen LogP contribution in [0.3, 0.4) is 0 Å². The lowest BCUT2D eigenvalue weighted by Gasteiger charge is -2.33. The second-order valence-corrected chi connectivity index (χ2v) is 6.85. The molecule has 1 rings (SSSR count). The fraction of sp³-hybridized carbons (Fsp3) is 1.00. The summed E-state index contributed by atoms with van der Waals surface area (Å²) in [5, 5.41) is 2.15. The van der Waals surface area contributed by atoms with Gasteiger partial charge in [-0.25, -0.2) is 17.2 Å². The molecular formula is C10H19F2NO2S. The van der Waals surface area contributed by atoms with Crippen LogP contribution in [0.1, 0.15) is 25.7 Å². The molecule has 1 aliphatic carbocycles. The summed E-state index contributed by atoms with van der Waals surface area (Å²) in [5.41, 5.74) is 0. The Balaban J connectivity index is 2.70. The third-order valence-corrected chi connectivity index (χ3v) is 5.02. The Morgan fingerprint density at radius 1 is 1.31 bits per heavy atom. The molecule has 16 heavy (non-hydrogen) atoms. The lowest BCUT2D eigenvalue weighted by molar-refractivity contribution is 0.0621. The molecule has 1 saturated carbocycles. The average molecular weight is 255 g/mol. The summed E-state index contributed by atoms with van der Waals surface area (Å²) in [5.74, 6) is -0.238. The van der Waals surface area contributed by atoms with Gasteiger partial charge in [0, 0.05) is 6.26 Å². The van der Waals surface area contributed by atoms with Gasteiger partial charge in [-0.3, -0.25) is 0 Å². The molecule has 0 bridgehead atoms. The number of nitrogens with one attached hydrogen (secondary N) is 1. The molecule has 96 valence electrons. The summed E-state index contributed by atoms with van der Waals surface area (Å²) >= 11 is 0. The number of alkyl halides is 2. The van der Waals surface area contributed by atoms with Crippen molar-refractivity contribution in [1.82, 2.24) is 5.32 Å². The van der Waals surface area contributed by atoms with Crippen LogP contribution in [-0.2, 0) is 9.84 Å². The van der Waals surface area contributed by atoms with Crippen molar-refractivity contribution in [2.45, 2.75) is 43.4 Å². The monoisotopic (exact) mass is 255 g/mol. The van der Waals surface area contributed by atoms with Gasteiger partial charge in [0.1, 0.15) is 9.84 Å². The van der Waals surface area contributed by atoms with Gasteiger partial charge in [-0.2, -0.15) is 0 Å². The first kappa shape index (κ1) is 13.8. The lowest BCUT2D eigenvalue weighted by atomic mass is 9.83. The van der Waals surface area contributed by atoms with Gasteiger partial charge in [0.05, 0.1) is 11.3 Å². The van der Waals surface area contributed by atoms with Crippen LogP contribution in [0.15, 0.2) is 0 Å². The maximum atomic E-state index is 12.7. The third-order valence-electron chi connectivity index (χ3n) is 3.38. The predicted octanol–water partition coefficient (Wildman–Crippen LogP) is 1.44. The quantitative estimate of drug-likeness (QED) is 0.827. The summed E-state index contributed by atoms with van der Waals surface area (Å²) in [6.45, 7) is 0. The summed E-state index contributed by atoms with van der Waals surface area (Å²) < 4.78 is 48.2. The van der Waals surface area contributed by atoms with E-state index in [9.17, 15) is 17.2 Å². The van der Waals surface area contributed by atoms with E-state index in [1.807, 2.05) is 0 Å². The number of hydrogen-bond acceptors (Lipinski definition) is 3. The molecule has 1 N–H and O–H groups in total. The second-order valence-electron chi connectivity index (χ2n) is 4.53. The van der Waals surface area contributed by atoms with Crippen LogP contribution in [-0.4, -0.2) is 39.4 Å². The van der Waals surface area contributed by atoms with Crippen molar-refractivity contribution in [1.29, 1.82) is 0 Å². The molecule has 0 spiro atoms. The van der Waals surface area contributed by atoms with Crippen LogP contribution in [0.5, 0.6) is 0 Å². The van der Waals surface area contributed by atoms with E-state index in [0.29, 0.717) is 25.7 Å². The fourth-order valence-electron chi connectivity index (χ4n) is 2.46. The van der Waals surface area contributed by atoms with Gasteiger partial charge in [0.15, 0.2) is 0 Å². The first-order chi connectivity index (χ1) is 7.36. The maximum Gasteiger partial charge on any atom is 0.253 e. The zero-order chi connectivity index (χ0) is 12.3. The van der Waals surface area contributed by atoms with Gasteiger partial charge in [0.2, 0.25) is 0 Å². The molecule has 3 unspecified atom stereocenters. The van der Waals surface area contributed by atoms with Crippen molar-refractivity contribution in [2.24, 2.45) is 5.92 Å². The van der Waals surface area contributed by atoms with Gasteiger partial charge < -0.3 is 5.32 Å². The Hall–Kier alpha value is -0.230. The van der Waals surface area contributed by atoms with Gasteiger partial charge in [-0.1, -0.05) is 6.42 Å². The Kier molecular flexibility index (Phi) is 4.67. The summed E-state index contributed by atoms with van der Waals surface area (Å²) in [6, 6.07) is -0.885. The van der Waals surface area contributed by atoms with Crippen LogP contribution < -0.4 is 5.32 Å². The van der Waals surface area contributed by atoms with Crippen LogP contribution in [0.4, 0.5) is 8.78 Å². The zero-order valence-electron chi connectivity index (χ0n) is 9.62. The minimum absolute atomic E-state index is 0.238. The van der Waals surface area contributed by atoms with Gasteiger partial charge in [-0.05, 0) is 32.2 Å². The van der Waals surface area contributed by atoms with Crippen LogP contribution in [0.2, 0.25) is 0 Å². The Bertz CT molecular complexity index is 319. The van der Waals surface area contributed by atoms with E-state index >= 15 is 0 Å². The highest BCUT2D eigenvalue weighted by atomic mass is 32.2. The van der Waals surface area contributed by atoms with E-state index < -0.39 is 27.6 Å². The Labute approximate surface area is 95.5 Å². The molecule has 0 amide bonds. The smallest absolute Gasteiger partial charge is 0.253 e. The van der Waals surface area contributed by atoms with Crippen molar-refractivity contribution in [2.75, 3.05) is 13.3 Å². The van der Waals surface area contributed by atoms with Crippen molar-refractivity contribution in [3.05, 3.63) is 0 Å². The summed E-state index contributed by atoms with van der Waals surface area (Å²) in [4.78, 5) is 0. The Morgan fingerprint density at radius 3 is 2.38 bits per heavy atom. The van der Waals surface area contributed by atoms with E-state index in [1.165, 1.54) is 13.3 Å². The van der Waals surface area contributed by atoms with Gasteiger partial charge in [0.25, 0.3) is 6.43 Å². The van der Waals surface area contributed by atoms with Crippen molar-refractivity contribution < 1.29 is 17.2 Å². The van der Waals surface area contributed by atoms with E-state index in [-0.39, 0.29) is 5.92 Å². The highest BCUT2D eigenvalue weighted by Gasteiger charge is 2.35. The zero-order valence-corrected chi connectivity index (χ0v) is 10.4. The second kappa shape index (κ2) is 5.40. The molecule has 6 heteroatoms. The van der Waals surface area contributed by atoms with E-state index in [0.717, 1.165) is 0 Å². The standard InChI is InChI=1S/C10H19F2NO2S/c1-13-9(10(11)12)7-4-3-5-8(6-7)16(2,14)15/h7-10,13H,3-6H2,1-2H3. The average Bonchev–Trinajstić information content (AvgIpc) is 2.17. The van der Waals surface area contributed by atoms with Crippen LogP contribution >= 0.6 is 0 Å². The summed E-state index contributed by atoms with van der Waals surface area (Å²) in [7, 11) is -1.60. The molecule has 3 nitrogen and oxygen atoms in total. The number of hydrogen-bond donors (Lipinski definition) is 1. The molecule has 0 saturated heterocycles. The van der Waals surface area contributed by atoms with Gasteiger partial charge in [-0.15, -0.1) is 0 Å². The van der Waals surface area contributed by atoms with Gasteiger partial charge >= 0.3 is 0 Å². The number of sulfone groups is 1. The summed E-state index contributed by atoms with van der Waals surface area (Å²) in [6.07, 6.45) is 1.11. The molecule has 0 radical (unpaired) electrons. The van der Waals surface area contributed by atoms with Crippen LogP contribution in [0, 0.1) is 5.92 Å². The van der Waals surface area contributed by atoms with Crippen molar-refractivity contribution in [3.8, 4) is 0 Å². The normalized spacial score (nSPS) is 29.3. The fourth-order valence-corrected chi connectivity index (χ4v) is 3.66. The minimum atomic E-state index is -3.10. The maximum absolute atomic E-state index is 12.7. The SMILES string of the molecule is CNC(C(F)F)C1CCCC(S(C)(=O)=O)C1. The number of rotatable bonds is 4. The molecule has 0 aliphatic heterocycles. The topological polar surface area (TPSA) is 46.2 Å². The van der Waals surface area contributed by atoms with Crippen molar-refractivity contribution >= 4 is 9.84 Å². The molecule has 0 heterocycles. The largest absolute Gasteiger partial charge is 0.312 e. The molecule has 3 atom stereocenters. The highest BCUT2D eigenvalue weighted by Crippen LogP contribution is 2.32. The van der Waals surface area contributed by atoms with E-state index in [4.69, 9.17) is 0 Å². The van der Waals surface area contributed by atoms with Crippen molar-refractivity contribution in [3.63, 3.8) is 0 Å². The molecule has 0 aromatic heterocycles. The van der Waals surface area contributed by atoms with E-state index in [1.54, 1.807) is 0 Å². The molecular weight excluding hydrogens is 236 g/mol. The van der Waals surface area contributed by atoms with Crippen LogP contribution in [0.25, 0.3) is 0 Å². The molecule has 1 aliphatic rings. The number of halogens is 2. The molecule has 1 fully saturated rings. The third kappa shape index (κ3) is 3.38. The predicted molar refractivity (Wildman–Crippen MR) is 59.4 cm³/mol. The molecule has 0 aromatic rings. The molecule has 0 aromatic carbocycles.